The van der Waals surface area contributed by atoms with Crippen molar-refractivity contribution in [3.8, 4) is 0 Å². The number of amides is 1. The highest BCUT2D eigenvalue weighted by atomic mass is 16.6. The predicted molar refractivity (Wildman–Crippen MR) is 63.8 cm³/mol. The van der Waals surface area contributed by atoms with Gasteiger partial charge in [0.1, 0.15) is 11.6 Å². The van der Waals surface area contributed by atoms with E-state index in [1.807, 2.05) is 0 Å². The minimum Gasteiger partial charge on any atom is -0.292 e. The van der Waals surface area contributed by atoms with Gasteiger partial charge in [0.05, 0.1) is 4.92 Å². The van der Waals surface area contributed by atoms with Crippen molar-refractivity contribution in [2.45, 2.75) is 12.5 Å². The number of hydrogen-bond acceptors (Lipinski definition) is 6. The summed E-state index contributed by atoms with van der Waals surface area (Å²) >= 11 is 0. The second kappa shape index (κ2) is 4.88. The van der Waals surface area contributed by atoms with Crippen LogP contribution in [0.15, 0.2) is 24.3 Å². The Bertz CT molecular complexity index is 546. The highest BCUT2D eigenvalue weighted by molar-refractivity contribution is 5.83. The van der Waals surface area contributed by atoms with Gasteiger partial charge in [-0.3, -0.25) is 35.9 Å². The number of anilines is 1. The fourth-order valence-electron chi connectivity index (χ4n) is 1.66. The van der Waals surface area contributed by atoms with E-state index in [9.17, 15) is 25.0 Å². The van der Waals surface area contributed by atoms with Gasteiger partial charge in [-0.25, -0.2) is 0 Å². The Morgan fingerprint density at radius 3 is 2.53 bits per heavy atom. The SMILES string of the molecule is O=C(NNc1ccccc1[N+](=O)[O-])[C@@H]1C[C@@H]1[N+](=O)[O-]. The Hall–Kier alpha value is -2.71. The van der Waals surface area contributed by atoms with Crippen LogP contribution in [0.2, 0.25) is 0 Å². The zero-order valence-electron chi connectivity index (χ0n) is 9.61. The van der Waals surface area contributed by atoms with Crippen molar-refractivity contribution in [1.29, 1.82) is 0 Å². The maximum atomic E-state index is 11.5. The quantitative estimate of drug-likeness (QED) is 0.596. The van der Waals surface area contributed by atoms with Crippen molar-refractivity contribution >= 4 is 17.3 Å². The van der Waals surface area contributed by atoms with Crippen molar-refractivity contribution < 1.29 is 14.6 Å². The Morgan fingerprint density at radius 1 is 1.26 bits per heavy atom. The summed E-state index contributed by atoms with van der Waals surface area (Å²) in [6, 6.07) is 4.92. The van der Waals surface area contributed by atoms with Gasteiger partial charge in [0, 0.05) is 17.4 Å². The lowest BCUT2D eigenvalue weighted by Gasteiger charge is -2.07. The zero-order chi connectivity index (χ0) is 14.0. The van der Waals surface area contributed by atoms with Crippen LogP contribution in [0.1, 0.15) is 6.42 Å². The van der Waals surface area contributed by atoms with Crippen molar-refractivity contribution in [1.82, 2.24) is 5.43 Å². The van der Waals surface area contributed by atoms with E-state index in [0.29, 0.717) is 0 Å². The summed E-state index contributed by atoms with van der Waals surface area (Å²) in [5.41, 5.74) is 4.59. The molecule has 1 aliphatic rings. The number of nitro groups is 2. The first kappa shape index (κ1) is 12.7. The van der Waals surface area contributed by atoms with Gasteiger partial charge in [-0.2, -0.15) is 0 Å². The smallest absolute Gasteiger partial charge is 0.292 e. The van der Waals surface area contributed by atoms with Crippen LogP contribution in [-0.2, 0) is 4.79 Å². The van der Waals surface area contributed by atoms with Gasteiger partial charge in [0.25, 0.3) is 5.69 Å². The van der Waals surface area contributed by atoms with Gasteiger partial charge in [-0.1, -0.05) is 12.1 Å². The summed E-state index contributed by atoms with van der Waals surface area (Å²) in [5, 5.41) is 21.1. The molecule has 1 fully saturated rings. The molecule has 2 rings (SSSR count). The monoisotopic (exact) mass is 266 g/mol. The summed E-state index contributed by atoms with van der Waals surface area (Å²) in [7, 11) is 0. The largest absolute Gasteiger partial charge is 0.294 e. The molecule has 19 heavy (non-hydrogen) atoms. The molecule has 2 atom stereocenters. The maximum absolute atomic E-state index is 11.5. The van der Waals surface area contributed by atoms with E-state index < -0.39 is 27.7 Å². The number of carbonyl (C=O) groups is 1. The second-order valence-electron chi connectivity index (χ2n) is 4.08. The molecule has 0 spiro atoms. The second-order valence-corrected chi connectivity index (χ2v) is 4.08. The fourth-order valence-corrected chi connectivity index (χ4v) is 1.66. The molecule has 1 saturated carbocycles. The molecular weight excluding hydrogens is 256 g/mol. The number of carbonyl (C=O) groups excluding carboxylic acids is 1. The third kappa shape index (κ3) is 2.76. The third-order valence-corrected chi connectivity index (χ3v) is 2.79. The number of para-hydroxylation sites is 2. The first-order valence-corrected chi connectivity index (χ1v) is 5.43. The van der Waals surface area contributed by atoms with E-state index in [0.717, 1.165) is 0 Å². The number of benzene rings is 1. The lowest BCUT2D eigenvalue weighted by Crippen LogP contribution is -2.32. The van der Waals surface area contributed by atoms with Gasteiger partial charge in [-0.05, 0) is 6.07 Å². The molecule has 1 amide bonds. The summed E-state index contributed by atoms with van der Waals surface area (Å²) in [6.07, 6.45) is 0.192. The number of nitrogens with one attached hydrogen (secondary N) is 2. The van der Waals surface area contributed by atoms with E-state index in [1.54, 1.807) is 6.07 Å². The lowest BCUT2D eigenvalue weighted by atomic mass is 10.3. The normalized spacial score (nSPS) is 20.4. The number of nitro benzene ring substituents is 1. The number of hydrogen-bond donors (Lipinski definition) is 2. The first-order valence-electron chi connectivity index (χ1n) is 5.43. The van der Waals surface area contributed by atoms with Crippen LogP contribution in [0.25, 0.3) is 0 Å². The molecule has 0 heterocycles. The molecule has 0 aromatic heterocycles. The summed E-state index contributed by atoms with van der Waals surface area (Å²) < 4.78 is 0. The molecule has 0 radical (unpaired) electrons. The Morgan fingerprint density at radius 2 is 1.95 bits per heavy atom. The average molecular weight is 266 g/mol. The average Bonchev–Trinajstić information content (AvgIpc) is 3.16. The van der Waals surface area contributed by atoms with Crippen LogP contribution in [0.5, 0.6) is 0 Å². The van der Waals surface area contributed by atoms with E-state index in [-0.39, 0.29) is 17.8 Å². The van der Waals surface area contributed by atoms with Crippen molar-refractivity contribution in [3.63, 3.8) is 0 Å². The van der Waals surface area contributed by atoms with E-state index in [1.165, 1.54) is 18.2 Å². The Balaban J connectivity index is 1.95. The third-order valence-electron chi connectivity index (χ3n) is 2.79. The van der Waals surface area contributed by atoms with E-state index in [2.05, 4.69) is 10.9 Å². The van der Waals surface area contributed by atoms with E-state index >= 15 is 0 Å². The minimum atomic E-state index is -0.854. The molecule has 1 aromatic rings. The Labute approximate surface area is 106 Å². The molecule has 2 N–H and O–H groups in total. The number of hydrazine groups is 1. The highest BCUT2D eigenvalue weighted by Gasteiger charge is 2.53. The van der Waals surface area contributed by atoms with Crippen LogP contribution in [0, 0.1) is 26.1 Å². The lowest BCUT2D eigenvalue weighted by molar-refractivity contribution is -0.497. The van der Waals surface area contributed by atoms with Gasteiger partial charge < -0.3 is 0 Å². The van der Waals surface area contributed by atoms with Crippen molar-refractivity contribution in [2.24, 2.45) is 5.92 Å². The summed E-state index contributed by atoms with van der Waals surface area (Å²) in [4.78, 5) is 31.6. The van der Waals surface area contributed by atoms with Gasteiger partial charge in [0.2, 0.25) is 11.9 Å². The standard InChI is InChI=1S/C10H10N4O5/c15-10(6-5-9(6)14(18)19)12-11-7-3-1-2-4-8(7)13(16)17/h1-4,6,9,11H,5H2,(H,12,15)/t6-,9+/m1/s1. The molecular formula is C10H10N4O5. The molecule has 9 nitrogen and oxygen atoms in total. The van der Waals surface area contributed by atoms with Crippen LogP contribution >= 0.6 is 0 Å². The molecule has 100 valence electrons. The molecule has 0 aliphatic heterocycles. The molecule has 0 saturated heterocycles. The molecule has 9 heteroatoms. The van der Waals surface area contributed by atoms with Crippen molar-refractivity contribution in [3.05, 3.63) is 44.5 Å². The van der Waals surface area contributed by atoms with Crippen LogP contribution < -0.4 is 10.9 Å². The molecule has 1 aliphatic carbocycles. The van der Waals surface area contributed by atoms with Crippen LogP contribution in [0.3, 0.4) is 0 Å². The topological polar surface area (TPSA) is 127 Å². The van der Waals surface area contributed by atoms with Crippen molar-refractivity contribution in [2.75, 3.05) is 5.43 Å². The molecule has 1 aromatic carbocycles. The highest BCUT2D eigenvalue weighted by Crippen LogP contribution is 2.33. The minimum absolute atomic E-state index is 0.124. The van der Waals surface area contributed by atoms with Crippen LogP contribution in [0.4, 0.5) is 11.4 Å². The number of nitrogens with zero attached hydrogens (tertiary/aromatic N) is 2. The first-order chi connectivity index (χ1) is 9.00. The molecule has 0 unspecified atom stereocenters. The fraction of sp³-hybridized carbons (Fsp3) is 0.300. The summed E-state index contributed by atoms with van der Waals surface area (Å²) in [5.74, 6) is -1.22. The van der Waals surface area contributed by atoms with Gasteiger partial charge in [-0.15, -0.1) is 0 Å². The van der Waals surface area contributed by atoms with Gasteiger partial charge >= 0.3 is 0 Å². The predicted octanol–water partition coefficient (Wildman–Crippen LogP) is 0.703. The summed E-state index contributed by atoms with van der Waals surface area (Å²) in [6.45, 7) is 0. The molecule has 0 bridgehead atoms. The van der Waals surface area contributed by atoms with Crippen LogP contribution in [-0.4, -0.2) is 21.8 Å². The zero-order valence-corrected chi connectivity index (χ0v) is 9.61. The Kier molecular flexibility index (Phi) is 3.27. The van der Waals surface area contributed by atoms with E-state index in [4.69, 9.17) is 0 Å². The van der Waals surface area contributed by atoms with Gasteiger partial charge in [0.15, 0.2) is 0 Å². The number of rotatable bonds is 5. The maximum Gasteiger partial charge on any atom is 0.294 e.